The van der Waals surface area contributed by atoms with Crippen molar-refractivity contribution in [3.63, 3.8) is 0 Å². The summed E-state index contributed by atoms with van der Waals surface area (Å²) in [6.07, 6.45) is 8.26. The van der Waals surface area contributed by atoms with E-state index < -0.39 is 0 Å². The second-order valence-electron chi connectivity index (χ2n) is 6.55. The van der Waals surface area contributed by atoms with Crippen LogP contribution in [0.4, 0.5) is 0 Å². The number of rotatable bonds is 3. The van der Waals surface area contributed by atoms with Crippen LogP contribution < -0.4 is 0 Å². The zero-order chi connectivity index (χ0) is 12.3. The molecule has 0 bridgehead atoms. The van der Waals surface area contributed by atoms with Gasteiger partial charge in [-0.15, -0.1) is 0 Å². The third-order valence-corrected chi connectivity index (χ3v) is 5.12. The van der Waals surface area contributed by atoms with E-state index in [4.69, 9.17) is 0 Å². The van der Waals surface area contributed by atoms with Gasteiger partial charge in [-0.25, -0.2) is 0 Å². The minimum atomic E-state index is 0.681. The normalized spacial score (nSPS) is 21.4. The van der Waals surface area contributed by atoms with Crippen LogP contribution in [0.2, 0.25) is 0 Å². The van der Waals surface area contributed by atoms with E-state index in [-0.39, 0.29) is 0 Å². The maximum Gasteiger partial charge on any atom is 0.0512 e. The molecule has 2 aromatic rings. The quantitative estimate of drug-likeness (QED) is 0.746. The lowest BCUT2D eigenvalue weighted by molar-refractivity contribution is 0.375. The Labute approximate surface area is 109 Å². The number of benzene rings is 1. The number of hydrogen-bond donors (Lipinski definition) is 0. The first-order chi connectivity index (χ1) is 8.70. The van der Waals surface area contributed by atoms with Gasteiger partial charge >= 0.3 is 0 Å². The Balaban J connectivity index is 1.80. The number of para-hydroxylation sites is 1. The van der Waals surface area contributed by atoms with Crippen molar-refractivity contribution in [2.45, 2.75) is 46.1 Å². The van der Waals surface area contributed by atoms with Crippen molar-refractivity contribution in [1.29, 1.82) is 0 Å². The molecule has 94 valence electrons. The molecule has 1 aromatic heterocycles. The number of hydrogen-bond acceptors (Lipinski definition) is 0. The van der Waals surface area contributed by atoms with E-state index in [1.165, 1.54) is 54.3 Å². The molecule has 2 aliphatic rings. The summed E-state index contributed by atoms with van der Waals surface area (Å²) in [5.41, 5.74) is 5.01. The molecule has 1 heteroatoms. The van der Waals surface area contributed by atoms with Crippen molar-refractivity contribution in [2.24, 2.45) is 11.3 Å². The van der Waals surface area contributed by atoms with Crippen LogP contribution in [0.15, 0.2) is 24.4 Å². The van der Waals surface area contributed by atoms with Gasteiger partial charge in [0.15, 0.2) is 0 Å². The zero-order valence-electron chi connectivity index (χ0n) is 11.4. The van der Waals surface area contributed by atoms with E-state index in [9.17, 15) is 0 Å². The molecule has 18 heavy (non-hydrogen) atoms. The number of fused-ring (bicyclic) bond motifs is 1. The van der Waals surface area contributed by atoms with E-state index in [0.29, 0.717) is 5.41 Å². The third kappa shape index (κ3) is 1.46. The lowest BCUT2D eigenvalue weighted by Gasteiger charge is -2.16. The molecule has 0 N–H and O–H groups in total. The fraction of sp³-hybridized carbons (Fsp3) is 0.529. The minimum Gasteiger partial charge on any atom is -0.346 e. The molecule has 2 fully saturated rings. The summed E-state index contributed by atoms with van der Waals surface area (Å²) in [6, 6.07) is 6.70. The lowest BCUT2D eigenvalue weighted by atomic mass is 10.0. The second kappa shape index (κ2) is 3.40. The summed E-state index contributed by atoms with van der Waals surface area (Å²) in [4.78, 5) is 0. The maximum absolute atomic E-state index is 2.55. The molecular formula is C17H21N. The highest BCUT2D eigenvalue weighted by Gasteiger charge is 2.53. The fourth-order valence-corrected chi connectivity index (χ4v) is 3.74. The Bertz CT molecular complexity index is 612. The van der Waals surface area contributed by atoms with Gasteiger partial charge in [0.1, 0.15) is 0 Å². The largest absolute Gasteiger partial charge is 0.346 e. The van der Waals surface area contributed by atoms with Crippen LogP contribution in [0.3, 0.4) is 0 Å². The van der Waals surface area contributed by atoms with E-state index >= 15 is 0 Å². The molecular weight excluding hydrogens is 218 g/mol. The summed E-state index contributed by atoms with van der Waals surface area (Å²) in [6.45, 7) is 5.75. The number of aromatic nitrogens is 1. The summed E-state index contributed by atoms with van der Waals surface area (Å²) in [5.74, 6) is 1.04. The molecule has 0 spiro atoms. The molecule has 1 aromatic carbocycles. The predicted molar refractivity (Wildman–Crippen MR) is 75.8 cm³/mol. The summed E-state index contributed by atoms with van der Waals surface area (Å²) in [5, 5.41) is 1.45. The van der Waals surface area contributed by atoms with Crippen LogP contribution in [-0.4, -0.2) is 4.57 Å². The van der Waals surface area contributed by atoms with Gasteiger partial charge in [-0.3, -0.25) is 0 Å². The van der Waals surface area contributed by atoms with Crippen LogP contribution >= 0.6 is 0 Å². The lowest BCUT2D eigenvalue weighted by Crippen LogP contribution is -2.13. The topological polar surface area (TPSA) is 4.93 Å². The van der Waals surface area contributed by atoms with Gasteiger partial charge < -0.3 is 4.57 Å². The third-order valence-electron chi connectivity index (χ3n) is 5.12. The van der Waals surface area contributed by atoms with Crippen molar-refractivity contribution in [3.8, 4) is 0 Å². The molecule has 4 rings (SSSR count). The van der Waals surface area contributed by atoms with Crippen LogP contribution in [0, 0.1) is 25.2 Å². The van der Waals surface area contributed by atoms with Gasteiger partial charge in [-0.2, -0.15) is 0 Å². The molecule has 1 heterocycles. The van der Waals surface area contributed by atoms with E-state index in [0.717, 1.165) is 5.92 Å². The molecule has 2 saturated carbocycles. The SMILES string of the molecule is Cc1cn(CC2(C3CC3)CC2)c2c(C)cccc12. The monoisotopic (exact) mass is 239 g/mol. The predicted octanol–water partition coefficient (Wildman–Crippen LogP) is 4.45. The average molecular weight is 239 g/mol. The molecule has 1 nitrogen and oxygen atoms in total. The zero-order valence-corrected chi connectivity index (χ0v) is 11.4. The second-order valence-corrected chi connectivity index (χ2v) is 6.55. The van der Waals surface area contributed by atoms with E-state index in [1.807, 2.05) is 0 Å². The fourth-order valence-electron chi connectivity index (χ4n) is 3.74. The van der Waals surface area contributed by atoms with Gasteiger partial charge in [0.2, 0.25) is 0 Å². The highest BCUT2D eigenvalue weighted by Crippen LogP contribution is 2.62. The average Bonchev–Trinajstić information content (AvgIpc) is 3.21. The highest BCUT2D eigenvalue weighted by molar-refractivity contribution is 5.86. The molecule has 0 atom stereocenters. The first kappa shape index (κ1) is 10.7. The summed E-state index contributed by atoms with van der Waals surface area (Å²) >= 11 is 0. The van der Waals surface area contributed by atoms with Crippen molar-refractivity contribution in [2.75, 3.05) is 0 Å². The van der Waals surface area contributed by atoms with Crippen molar-refractivity contribution in [1.82, 2.24) is 4.57 Å². The molecule has 0 aliphatic heterocycles. The number of aryl methyl sites for hydroxylation is 2. The highest BCUT2D eigenvalue weighted by atomic mass is 15.0. The van der Waals surface area contributed by atoms with Crippen molar-refractivity contribution in [3.05, 3.63) is 35.5 Å². The summed E-state index contributed by atoms with van der Waals surface area (Å²) < 4.78 is 2.55. The van der Waals surface area contributed by atoms with Gasteiger partial charge in [-0.1, -0.05) is 18.2 Å². The van der Waals surface area contributed by atoms with Crippen LogP contribution in [-0.2, 0) is 6.54 Å². The van der Waals surface area contributed by atoms with Gasteiger partial charge in [-0.05, 0) is 62.0 Å². The molecule has 0 amide bonds. The Morgan fingerprint density at radius 3 is 2.61 bits per heavy atom. The van der Waals surface area contributed by atoms with Crippen LogP contribution in [0.1, 0.15) is 36.8 Å². The minimum absolute atomic E-state index is 0.681. The van der Waals surface area contributed by atoms with Gasteiger partial charge in [0, 0.05) is 18.1 Å². The Kier molecular flexibility index (Phi) is 2.02. The van der Waals surface area contributed by atoms with Gasteiger partial charge in [0.25, 0.3) is 0 Å². The molecule has 0 radical (unpaired) electrons. The first-order valence-corrected chi connectivity index (χ1v) is 7.25. The van der Waals surface area contributed by atoms with Crippen LogP contribution in [0.5, 0.6) is 0 Å². The van der Waals surface area contributed by atoms with E-state index in [2.05, 4.69) is 42.8 Å². The molecule has 0 saturated heterocycles. The molecule has 2 aliphatic carbocycles. The van der Waals surface area contributed by atoms with Crippen molar-refractivity contribution >= 4 is 10.9 Å². The smallest absolute Gasteiger partial charge is 0.0512 e. The van der Waals surface area contributed by atoms with Crippen LogP contribution in [0.25, 0.3) is 10.9 Å². The van der Waals surface area contributed by atoms with E-state index in [1.54, 1.807) is 0 Å². The first-order valence-electron chi connectivity index (χ1n) is 7.25. The number of nitrogens with zero attached hydrogens (tertiary/aromatic N) is 1. The Hall–Kier alpha value is -1.24. The standard InChI is InChI=1S/C17H21N/c1-12-4-3-5-15-13(2)10-18(16(12)15)11-17(8-9-17)14-6-7-14/h3-5,10,14H,6-9,11H2,1-2H3. The van der Waals surface area contributed by atoms with Gasteiger partial charge in [0.05, 0.1) is 5.52 Å². The molecule has 0 unspecified atom stereocenters. The van der Waals surface area contributed by atoms with Crippen molar-refractivity contribution < 1.29 is 0 Å². The maximum atomic E-state index is 2.55. The summed E-state index contributed by atoms with van der Waals surface area (Å²) in [7, 11) is 0. The Morgan fingerprint density at radius 2 is 1.94 bits per heavy atom. The Morgan fingerprint density at radius 1 is 1.17 bits per heavy atom.